The molecule has 116 valence electrons. The predicted octanol–water partition coefficient (Wildman–Crippen LogP) is 0.903. The Morgan fingerprint density at radius 1 is 1.33 bits per heavy atom. The van der Waals surface area contributed by atoms with Gasteiger partial charge in [0.25, 0.3) is 5.91 Å². The maximum atomic E-state index is 12.5. The molecule has 0 aromatic carbocycles. The van der Waals surface area contributed by atoms with Crippen LogP contribution in [0.2, 0.25) is 0 Å². The van der Waals surface area contributed by atoms with E-state index in [4.69, 9.17) is 14.6 Å². The van der Waals surface area contributed by atoms with E-state index in [2.05, 4.69) is 4.98 Å². The maximum absolute atomic E-state index is 12.5. The largest absolute Gasteiger partial charge is 0.478 e. The second-order valence-electron chi connectivity index (χ2n) is 4.53. The fourth-order valence-electron chi connectivity index (χ4n) is 1.84. The van der Waals surface area contributed by atoms with Crippen LogP contribution in [0.4, 0.5) is 0 Å². The molecule has 0 saturated carbocycles. The summed E-state index contributed by atoms with van der Waals surface area (Å²) in [5.41, 5.74) is 0.235. The number of hydrogen-bond acceptors (Lipinski definition) is 5. The van der Waals surface area contributed by atoms with Gasteiger partial charge in [-0.25, -0.2) is 4.79 Å². The average molecular weight is 296 g/mol. The Morgan fingerprint density at radius 2 is 2.05 bits per heavy atom. The summed E-state index contributed by atoms with van der Waals surface area (Å²) in [6.07, 6.45) is 1.17. The van der Waals surface area contributed by atoms with Crippen molar-refractivity contribution in [1.29, 1.82) is 0 Å². The first-order valence-electron chi connectivity index (χ1n) is 6.49. The van der Waals surface area contributed by atoms with Crippen LogP contribution in [0, 0.1) is 0 Å². The van der Waals surface area contributed by atoms with E-state index in [-0.39, 0.29) is 23.2 Å². The van der Waals surface area contributed by atoms with Gasteiger partial charge in [0.1, 0.15) is 5.69 Å². The Kier molecular flexibility index (Phi) is 6.77. The molecule has 1 atom stereocenters. The molecule has 0 aliphatic carbocycles. The van der Waals surface area contributed by atoms with Gasteiger partial charge in [-0.05, 0) is 19.1 Å². The van der Waals surface area contributed by atoms with Gasteiger partial charge in [0.05, 0.1) is 24.8 Å². The quantitative estimate of drug-likeness (QED) is 0.767. The fourth-order valence-corrected chi connectivity index (χ4v) is 1.84. The Bertz CT molecular complexity index is 475. The first-order chi connectivity index (χ1) is 10.0. The molecular weight excluding hydrogens is 276 g/mol. The van der Waals surface area contributed by atoms with Crippen molar-refractivity contribution in [2.45, 2.75) is 13.0 Å². The molecule has 1 heterocycles. The van der Waals surface area contributed by atoms with Crippen LogP contribution in [0.1, 0.15) is 27.8 Å². The van der Waals surface area contributed by atoms with Crippen LogP contribution in [0.15, 0.2) is 18.3 Å². The molecule has 0 aliphatic heterocycles. The smallest absolute Gasteiger partial charge is 0.337 e. The lowest BCUT2D eigenvalue weighted by atomic mass is 10.2. The van der Waals surface area contributed by atoms with E-state index in [1.165, 1.54) is 18.3 Å². The minimum absolute atomic E-state index is 0.0416. The number of amides is 1. The van der Waals surface area contributed by atoms with Gasteiger partial charge in [-0.2, -0.15) is 0 Å². The monoisotopic (exact) mass is 296 g/mol. The molecule has 0 bridgehead atoms. The molecule has 0 aliphatic rings. The lowest BCUT2D eigenvalue weighted by molar-refractivity contribution is 0.0473. The van der Waals surface area contributed by atoms with Gasteiger partial charge in [-0.1, -0.05) is 0 Å². The molecular formula is C14H20N2O5. The Morgan fingerprint density at radius 3 is 2.52 bits per heavy atom. The van der Waals surface area contributed by atoms with Crippen LogP contribution in [-0.2, 0) is 9.47 Å². The fraction of sp³-hybridized carbons (Fsp3) is 0.500. The summed E-state index contributed by atoms with van der Waals surface area (Å²) < 4.78 is 10.1. The number of carboxylic acids is 1. The van der Waals surface area contributed by atoms with E-state index in [0.717, 1.165) is 0 Å². The standard InChI is InChI=1S/C14H20N2O5/c1-10(9-21-3)16(6-7-20-2)13(17)12-5-4-11(8-15-12)14(18)19/h4-5,8,10H,6-7,9H2,1-3H3,(H,18,19). The molecule has 1 unspecified atom stereocenters. The summed E-state index contributed by atoms with van der Waals surface area (Å²) in [5, 5.41) is 8.83. The summed E-state index contributed by atoms with van der Waals surface area (Å²) in [5.74, 6) is -1.36. The highest BCUT2D eigenvalue weighted by atomic mass is 16.5. The third-order valence-corrected chi connectivity index (χ3v) is 2.97. The molecule has 1 rings (SSSR count). The van der Waals surface area contributed by atoms with Crippen LogP contribution in [0.5, 0.6) is 0 Å². The highest BCUT2D eigenvalue weighted by molar-refractivity contribution is 5.94. The first-order valence-corrected chi connectivity index (χ1v) is 6.49. The molecule has 7 heteroatoms. The maximum Gasteiger partial charge on any atom is 0.337 e. The zero-order valence-corrected chi connectivity index (χ0v) is 12.4. The average Bonchev–Trinajstić information content (AvgIpc) is 2.47. The van der Waals surface area contributed by atoms with E-state index in [9.17, 15) is 9.59 Å². The number of ether oxygens (including phenoxy) is 2. The summed E-state index contributed by atoms with van der Waals surface area (Å²) in [7, 11) is 3.12. The lowest BCUT2D eigenvalue weighted by Gasteiger charge is -2.28. The number of carbonyl (C=O) groups is 2. The lowest BCUT2D eigenvalue weighted by Crippen LogP contribution is -2.43. The van der Waals surface area contributed by atoms with Crippen molar-refractivity contribution in [3.63, 3.8) is 0 Å². The van der Waals surface area contributed by atoms with Crippen molar-refractivity contribution in [1.82, 2.24) is 9.88 Å². The second kappa shape index (κ2) is 8.33. The van der Waals surface area contributed by atoms with Gasteiger partial charge in [0.15, 0.2) is 0 Å². The van der Waals surface area contributed by atoms with Crippen molar-refractivity contribution in [2.75, 3.05) is 34.0 Å². The molecule has 7 nitrogen and oxygen atoms in total. The molecule has 1 N–H and O–H groups in total. The van der Waals surface area contributed by atoms with Crippen molar-refractivity contribution in [3.05, 3.63) is 29.6 Å². The topological polar surface area (TPSA) is 89.0 Å². The van der Waals surface area contributed by atoms with E-state index < -0.39 is 5.97 Å². The minimum atomic E-state index is -1.08. The molecule has 1 amide bonds. The van der Waals surface area contributed by atoms with E-state index in [0.29, 0.717) is 19.8 Å². The Labute approximate surface area is 123 Å². The Hall–Kier alpha value is -1.99. The number of aromatic carboxylic acids is 1. The predicted molar refractivity (Wildman–Crippen MR) is 75.4 cm³/mol. The van der Waals surface area contributed by atoms with E-state index in [1.54, 1.807) is 19.1 Å². The summed E-state index contributed by atoms with van der Waals surface area (Å²) in [6.45, 7) is 3.06. The van der Waals surface area contributed by atoms with Crippen molar-refractivity contribution < 1.29 is 24.2 Å². The molecule has 0 spiro atoms. The molecule has 21 heavy (non-hydrogen) atoms. The van der Waals surface area contributed by atoms with Crippen LogP contribution >= 0.6 is 0 Å². The summed E-state index contributed by atoms with van der Waals surface area (Å²) >= 11 is 0. The molecule has 0 radical (unpaired) electrons. The number of nitrogens with zero attached hydrogens (tertiary/aromatic N) is 2. The molecule has 0 fully saturated rings. The number of rotatable bonds is 8. The zero-order valence-electron chi connectivity index (χ0n) is 12.4. The normalized spacial score (nSPS) is 12.0. The number of carbonyl (C=O) groups excluding carboxylic acids is 1. The van der Waals surface area contributed by atoms with Crippen LogP contribution < -0.4 is 0 Å². The van der Waals surface area contributed by atoms with Gasteiger partial charge in [-0.3, -0.25) is 9.78 Å². The highest BCUT2D eigenvalue weighted by Gasteiger charge is 2.22. The third kappa shape index (κ3) is 4.80. The SMILES string of the molecule is COCCN(C(=O)c1ccc(C(=O)O)cn1)C(C)COC. The highest BCUT2D eigenvalue weighted by Crippen LogP contribution is 2.08. The van der Waals surface area contributed by atoms with Crippen molar-refractivity contribution >= 4 is 11.9 Å². The van der Waals surface area contributed by atoms with Gasteiger partial charge in [0, 0.05) is 27.0 Å². The van der Waals surface area contributed by atoms with Crippen molar-refractivity contribution in [3.8, 4) is 0 Å². The van der Waals surface area contributed by atoms with Crippen LogP contribution in [-0.4, -0.2) is 66.9 Å². The van der Waals surface area contributed by atoms with Gasteiger partial charge in [-0.15, -0.1) is 0 Å². The number of hydrogen-bond donors (Lipinski definition) is 1. The van der Waals surface area contributed by atoms with Gasteiger partial charge in [0.2, 0.25) is 0 Å². The van der Waals surface area contributed by atoms with Crippen LogP contribution in [0.25, 0.3) is 0 Å². The summed E-state index contributed by atoms with van der Waals surface area (Å²) in [6, 6.07) is 2.63. The van der Waals surface area contributed by atoms with Gasteiger partial charge >= 0.3 is 5.97 Å². The van der Waals surface area contributed by atoms with E-state index >= 15 is 0 Å². The third-order valence-electron chi connectivity index (χ3n) is 2.97. The second-order valence-corrected chi connectivity index (χ2v) is 4.53. The number of methoxy groups -OCH3 is 2. The van der Waals surface area contributed by atoms with Crippen LogP contribution in [0.3, 0.4) is 0 Å². The Balaban J connectivity index is 2.90. The molecule has 1 aromatic rings. The summed E-state index contributed by atoms with van der Waals surface area (Å²) in [4.78, 5) is 28.7. The number of pyridine rings is 1. The van der Waals surface area contributed by atoms with Crippen molar-refractivity contribution in [2.24, 2.45) is 0 Å². The van der Waals surface area contributed by atoms with Gasteiger partial charge < -0.3 is 19.5 Å². The molecule has 0 saturated heterocycles. The zero-order chi connectivity index (χ0) is 15.8. The number of aromatic nitrogens is 1. The molecule has 1 aromatic heterocycles. The first kappa shape index (κ1) is 17.1. The van der Waals surface area contributed by atoms with E-state index in [1.807, 2.05) is 6.92 Å². The number of carboxylic acid groups (broad SMARTS) is 1. The minimum Gasteiger partial charge on any atom is -0.478 e.